The smallest absolute Gasteiger partial charge is 0.342 e. The minimum Gasteiger partial charge on any atom is -0.489 e. The van der Waals surface area contributed by atoms with E-state index < -0.39 is 22.9 Å². The molecule has 0 radical (unpaired) electrons. The fraction of sp³-hybridized carbons (Fsp3) is 0.222. The minimum absolute atomic E-state index is 0.00215. The summed E-state index contributed by atoms with van der Waals surface area (Å²) in [5, 5.41) is 16.3. The second-order valence-electron chi connectivity index (χ2n) is 5.92. The number of nitrogens with zero attached hydrogens (tertiary/aromatic N) is 1. The Morgan fingerprint density at radius 2 is 2.14 bits per heavy atom. The van der Waals surface area contributed by atoms with Gasteiger partial charge in [-0.25, -0.2) is 4.79 Å². The molecule has 0 aliphatic carbocycles. The molecule has 9 nitrogen and oxygen atoms in total. The van der Waals surface area contributed by atoms with E-state index in [9.17, 15) is 19.7 Å². The maximum Gasteiger partial charge on any atom is 0.342 e. The maximum absolute atomic E-state index is 12.5. The lowest BCUT2D eigenvalue weighted by atomic mass is 10.1. The number of halogens is 1. The molecule has 1 aliphatic rings. The fourth-order valence-electron chi connectivity index (χ4n) is 2.56. The van der Waals surface area contributed by atoms with E-state index in [0.717, 1.165) is 6.07 Å². The first-order valence-corrected chi connectivity index (χ1v) is 8.70. The number of nitrogens with one attached hydrogen (secondary N) is 2. The zero-order valence-electron chi connectivity index (χ0n) is 14.7. The van der Waals surface area contributed by atoms with Crippen LogP contribution < -0.4 is 15.4 Å². The van der Waals surface area contributed by atoms with Gasteiger partial charge in [0.05, 0.1) is 21.3 Å². The first-order chi connectivity index (χ1) is 13.4. The van der Waals surface area contributed by atoms with Crippen molar-refractivity contribution in [2.45, 2.75) is 13.0 Å². The van der Waals surface area contributed by atoms with Gasteiger partial charge in [0.25, 0.3) is 11.6 Å². The number of fused-ring (bicyclic) bond motifs is 1. The summed E-state index contributed by atoms with van der Waals surface area (Å²) >= 11 is 5.95. The van der Waals surface area contributed by atoms with Gasteiger partial charge in [-0.2, -0.15) is 0 Å². The summed E-state index contributed by atoms with van der Waals surface area (Å²) in [6.45, 7) is 2.44. The molecule has 28 heavy (non-hydrogen) atoms. The Morgan fingerprint density at radius 1 is 1.36 bits per heavy atom. The van der Waals surface area contributed by atoms with Gasteiger partial charge < -0.3 is 20.1 Å². The molecule has 2 aromatic rings. The number of benzene rings is 2. The zero-order valence-corrected chi connectivity index (χ0v) is 15.5. The Bertz CT molecular complexity index is 949. The van der Waals surface area contributed by atoms with Crippen LogP contribution in [0, 0.1) is 10.1 Å². The Kier molecular flexibility index (Phi) is 5.65. The van der Waals surface area contributed by atoms with Gasteiger partial charge in [-0.15, -0.1) is 0 Å². The van der Waals surface area contributed by atoms with E-state index in [1.54, 1.807) is 18.2 Å². The molecule has 0 unspecified atom stereocenters. The SMILES string of the molecule is C[C@@H](OC(=O)c1cccc2c1OCCN2)C(=O)Nc1ccc([N+](=O)[O-])cc1Cl. The molecule has 2 aromatic carbocycles. The fourth-order valence-corrected chi connectivity index (χ4v) is 2.78. The molecule has 10 heteroatoms. The number of ether oxygens (including phenoxy) is 2. The number of nitro groups is 1. The maximum atomic E-state index is 12.5. The first kappa shape index (κ1) is 19.4. The number of carbonyl (C=O) groups is 2. The summed E-state index contributed by atoms with van der Waals surface area (Å²) in [6.07, 6.45) is -1.13. The molecule has 1 amide bonds. The highest BCUT2D eigenvalue weighted by atomic mass is 35.5. The lowest BCUT2D eigenvalue weighted by Crippen LogP contribution is -2.30. The topological polar surface area (TPSA) is 120 Å². The number of anilines is 2. The monoisotopic (exact) mass is 405 g/mol. The van der Waals surface area contributed by atoms with Crippen LogP contribution in [0.1, 0.15) is 17.3 Å². The van der Waals surface area contributed by atoms with Crippen molar-refractivity contribution >= 4 is 40.5 Å². The molecule has 1 atom stereocenters. The molecule has 0 bridgehead atoms. The van der Waals surface area contributed by atoms with Crippen molar-refractivity contribution in [1.29, 1.82) is 0 Å². The average Bonchev–Trinajstić information content (AvgIpc) is 2.68. The van der Waals surface area contributed by atoms with Crippen LogP contribution in [0.5, 0.6) is 5.75 Å². The second kappa shape index (κ2) is 8.13. The highest BCUT2D eigenvalue weighted by Gasteiger charge is 2.25. The van der Waals surface area contributed by atoms with Gasteiger partial charge in [0.1, 0.15) is 12.2 Å². The van der Waals surface area contributed by atoms with Crippen LogP contribution in [-0.4, -0.2) is 36.1 Å². The van der Waals surface area contributed by atoms with Crippen molar-refractivity contribution in [2.24, 2.45) is 0 Å². The minimum atomic E-state index is -1.13. The van der Waals surface area contributed by atoms with E-state index in [1.807, 2.05) is 0 Å². The predicted octanol–water partition coefficient (Wildman–Crippen LogP) is 3.24. The lowest BCUT2D eigenvalue weighted by molar-refractivity contribution is -0.384. The summed E-state index contributed by atoms with van der Waals surface area (Å²) in [4.78, 5) is 34.9. The van der Waals surface area contributed by atoms with Gasteiger partial charge in [-0.3, -0.25) is 14.9 Å². The summed E-state index contributed by atoms with van der Waals surface area (Å²) in [5.41, 5.74) is 0.850. The van der Waals surface area contributed by atoms with Crippen molar-refractivity contribution in [3.8, 4) is 5.75 Å². The van der Waals surface area contributed by atoms with Crippen LogP contribution in [0.2, 0.25) is 5.02 Å². The first-order valence-electron chi connectivity index (χ1n) is 8.32. The zero-order chi connectivity index (χ0) is 20.3. The third-order valence-corrected chi connectivity index (χ3v) is 4.29. The van der Waals surface area contributed by atoms with E-state index in [-0.39, 0.29) is 22.0 Å². The number of para-hydroxylation sites is 1. The molecular weight excluding hydrogens is 390 g/mol. The summed E-state index contributed by atoms with van der Waals surface area (Å²) in [7, 11) is 0. The van der Waals surface area contributed by atoms with Crippen LogP contribution in [-0.2, 0) is 9.53 Å². The average molecular weight is 406 g/mol. The van der Waals surface area contributed by atoms with Gasteiger partial charge in [-0.1, -0.05) is 17.7 Å². The largest absolute Gasteiger partial charge is 0.489 e. The van der Waals surface area contributed by atoms with Crippen molar-refractivity contribution < 1.29 is 24.0 Å². The molecule has 0 fully saturated rings. The molecule has 0 spiro atoms. The van der Waals surface area contributed by atoms with Crippen molar-refractivity contribution in [3.05, 3.63) is 57.1 Å². The van der Waals surface area contributed by atoms with Gasteiger partial charge in [0, 0.05) is 18.7 Å². The van der Waals surface area contributed by atoms with Crippen molar-refractivity contribution in [2.75, 3.05) is 23.8 Å². The quantitative estimate of drug-likeness (QED) is 0.445. The molecular formula is C18H16ClN3O6. The van der Waals surface area contributed by atoms with E-state index in [0.29, 0.717) is 24.6 Å². The van der Waals surface area contributed by atoms with Crippen molar-refractivity contribution in [1.82, 2.24) is 0 Å². The van der Waals surface area contributed by atoms with E-state index >= 15 is 0 Å². The molecule has 0 saturated heterocycles. The summed E-state index contributed by atoms with van der Waals surface area (Å²) in [5.74, 6) is -0.962. The molecule has 2 N–H and O–H groups in total. The molecule has 0 aromatic heterocycles. The van der Waals surface area contributed by atoms with E-state index in [1.165, 1.54) is 19.1 Å². The molecule has 1 heterocycles. The van der Waals surface area contributed by atoms with Crippen LogP contribution in [0.25, 0.3) is 0 Å². The van der Waals surface area contributed by atoms with Gasteiger partial charge in [-0.05, 0) is 25.1 Å². The standard InChI is InChI=1S/C18H16ClN3O6/c1-10(17(23)21-14-6-5-11(22(25)26)9-13(14)19)28-18(24)12-3-2-4-15-16(12)27-8-7-20-15/h2-6,9-10,20H,7-8H2,1H3,(H,21,23)/t10-/m1/s1. The Labute approximate surface area is 164 Å². The normalized spacial score (nSPS) is 13.4. The second-order valence-corrected chi connectivity index (χ2v) is 6.32. The van der Waals surface area contributed by atoms with Crippen molar-refractivity contribution in [3.63, 3.8) is 0 Å². The molecule has 0 saturated carbocycles. The number of non-ortho nitro benzene ring substituents is 1. The number of hydrogen-bond acceptors (Lipinski definition) is 7. The molecule has 1 aliphatic heterocycles. The third-order valence-electron chi connectivity index (χ3n) is 3.97. The third kappa shape index (κ3) is 4.15. The number of nitro benzene ring substituents is 1. The van der Waals surface area contributed by atoms with Crippen LogP contribution in [0.15, 0.2) is 36.4 Å². The summed E-state index contributed by atoms with van der Waals surface area (Å²) in [6, 6.07) is 8.63. The summed E-state index contributed by atoms with van der Waals surface area (Å²) < 4.78 is 10.8. The highest BCUT2D eigenvalue weighted by Crippen LogP contribution is 2.32. The number of amides is 1. The predicted molar refractivity (Wildman–Crippen MR) is 102 cm³/mol. The number of hydrogen-bond donors (Lipinski definition) is 2. The Morgan fingerprint density at radius 3 is 2.86 bits per heavy atom. The van der Waals surface area contributed by atoms with Gasteiger partial charge in [0.2, 0.25) is 0 Å². The molecule has 3 rings (SSSR count). The lowest BCUT2D eigenvalue weighted by Gasteiger charge is -2.21. The Hall–Kier alpha value is -3.33. The molecule has 146 valence electrons. The highest BCUT2D eigenvalue weighted by molar-refractivity contribution is 6.34. The number of esters is 1. The van der Waals surface area contributed by atoms with Gasteiger partial charge in [0.15, 0.2) is 11.9 Å². The van der Waals surface area contributed by atoms with E-state index in [2.05, 4.69) is 10.6 Å². The number of rotatable bonds is 5. The van der Waals surface area contributed by atoms with E-state index in [4.69, 9.17) is 21.1 Å². The van der Waals surface area contributed by atoms with Crippen LogP contribution >= 0.6 is 11.6 Å². The number of carbonyl (C=O) groups excluding carboxylic acids is 2. The van der Waals surface area contributed by atoms with Crippen LogP contribution in [0.3, 0.4) is 0 Å². The van der Waals surface area contributed by atoms with Gasteiger partial charge >= 0.3 is 5.97 Å². The van der Waals surface area contributed by atoms with Crippen LogP contribution in [0.4, 0.5) is 17.1 Å². The Balaban J connectivity index is 1.68.